The number of hydrogen-bond donors (Lipinski definition) is 1. The molecule has 0 spiro atoms. The van der Waals surface area contributed by atoms with E-state index in [1.165, 1.54) is 11.1 Å². The number of nitrogens with one attached hydrogen (secondary N) is 1. The topological polar surface area (TPSA) is 55.4 Å². The van der Waals surface area contributed by atoms with Gasteiger partial charge in [-0.2, -0.15) is 0 Å². The van der Waals surface area contributed by atoms with Crippen LogP contribution >= 0.6 is 0 Å². The SMILES string of the molecule is Cc1cc(C)c(C=CC(=O)c2ccc3c(c2)NC(=O)CO3)cc1C. The smallest absolute Gasteiger partial charge is 0.262 e. The predicted octanol–water partition coefficient (Wildman–Crippen LogP) is 3.84. The number of allylic oxidation sites excluding steroid dienone is 1. The van der Waals surface area contributed by atoms with E-state index in [0.29, 0.717) is 17.0 Å². The van der Waals surface area contributed by atoms with Crippen LogP contribution in [0.2, 0.25) is 0 Å². The van der Waals surface area contributed by atoms with Crippen molar-refractivity contribution in [1.82, 2.24) is 0 Å². The van der Waals surface area contributed by atoms with Gasteiger partial charge in [0.2, 0.25) is 0 Å². The third kappa shape index (κ3) is 3.23. The molecule has 122 valence electrons. The second-order valence-electron chi connectivity index (χ2n) is 6.04. The fourth-order valence-corrected chi connectivity index (χ4v) is 2.66. The molecule has 2 aromatic carbocycles. The largest absolute Gasteiger partial charge is 0.482 e. The van der Waals surface area contributed by atoms with E-state index < -0.39 is 0 Å². The molecule has 4 nitrogen and oxygen atoms in total. The van der Waals surface area contributed by atoms with Crippen LogP contribution in [0.15, 0.2) is 36.4 Å². The highest BCUT2D eigenvalue weighted by molar-refractivity contribution is 6.08. The Morgan fingerprint density at radius 3 is 2.62 bits per heavy atom. The van der Waals surface area contributed by atoms with Crippen molar-refractivity contribution in [3.05, 3.63) is 64.2 Å². The fourth-order valence-electron chi connectivity index (χ4n) is 2.66. The Morgan fingerprint density at radius 1 is 1.08 bits per heavy atom. The molecular formula is C20H19NO3. The maximum atomic E-state index is 12.4. The molecule has 0 aliphatic carbocycles. The van der Waals surface area contributed by atoms with Crippen LogP contribution in [-0.2, 0) is 4.79 Å². The quantitative estimate of drug-likeness (QED) is 0.690. The molecular weight excluding hydrogens is 302 g/mol. The molecule has 1 aliphatic rings. The molecule has 0 radical (unpaired) electrons. The van der Waals surface area contributed by atoms with Crippen LogP contribution < -0.4 is 10.1 Å². The van der Waals surface area contributed by atoms with E-state index in [0.717, 1.165) is 11.1 Å². The molecule has 3 rings (SSSR count). The summed E-state index contributed by atoms with van der Waals surface area (Å²) >= 11 is 0. The Morgan fingerprint density at radius 2 is 1.83 bits per heavy atom. The van der Waals surface area contributed by atoms with Crippen LogP contribution in [0.1, 0.15) is 32.6 Å². The molecule has 24 heavy (non-hydrogen) atoms. The molecule has 2 aromatic rings. The van der Waals surface area contributed by atoms with E-state index >= 15 is 0 Å². The van der Waals surface area contributed by atoms with Crippen molar-refractivity contribution >= 4 is 23.5 Å². The van der Waals surface area contributed by atoms with Gasteiger partial charge in [0.1, 0.15) is 5.75 Å². The first-order chi connectivity index (χ1) is 11.4. The molecule has 0 fully saturated rings. The molecule has 0 atom stereocenters. The van der Waals surface area contributed by atoms with Gasteiger partial charge in [-0.15, -0.1) is 0 Å². The zero-order valence-corrected chi connectivity index (χ0v) is 14.0. The molecule has 0 bridgehead atoms. The van der Waals surface area contributed by atoms with Crippen molar-refractivity contribution in [2.45, 2.75) is 20.8 Å². The van der Waals surface area contributed by atoms with Gasteiger partial charge < -0.3 is 10.1 Å². The molecule has 1 amide bonds. The Labute approximate surface area is 141 Å². The summed E-state index contributed by atoms with van der Waals surface area (Å²) in [6.07, 6.45) is 3.39. The number of ketones is 1. The third-order valence-electron chi connectivity index (χ3n) is 4.19. The van der Waals surface area contributed by atoms with Gasteiger partial charge in [0.15, 0.2) is 12.4 Å². The third-order valence-corrected chi connectivity index (χ3v) is 4.19. The van der Waals surface area contributed by atoms with Crippen molar-refractivity contribution in [3.63, 3.8) is 0 Å². The molecule has 0 saturated heterocycles. The number of hydrogen-bond acceptors (Lipinski definition) is 3. The number of carbonyl (C=O) groups excluding carboxylic acids is 2. The number of carbonyl (C=O) groups is 2. The van der Waals surface area contributed by atoms with Gasteiger partial charge in [-0.25, -0.2) is 0 Å². The number of fused-ring (bicyclic) bond motifs is 1. The van der Waals surface area contributed by atoms with E-state index in [1.54, 1.807) is 24.3 Å². The van der Waals surface area contributed by atoms with E-state index in [9.17, 15) is 9.59 Å². The first kappa shape index (κ1) is 16.0. The Hall–Kier alpha value is -2.88. The lowest BCUT2D eigenvalue weighted by molar-refractivity contribution is -0.118. The van der Waals surface area contributed by atoms with Crippen molar-refractivity contribution < 1.29 is 14.3 Å². The minimum absolute atomic E-state index is 0.00620. The van der Waals surface area contributed by atoms with Crippen LogP contribution in [0.4, 0.5) is 5.69 Å². The van der Waals surface area contributed by atoms with Crippen molar-refractivity contribution in [2.75, 3.05) is 11.9 Å². The summed E-state index contributed by atoms with van der Waals surface area (Å²) in [5, 5.41) is 2.71. The van der Waals surface area contributed by atoms with E-state index in [2.05, 4.69) is 31.3 Å². The summed E-state index contributed by atoms with van der Waals surface area (Å²) in [4.78, 5) is 23.8. The highest BCUT2D eigenvalue weighted by atomic mass is 16.5. The van der Waals surface area contributed by atoms with Crippen molar-refractivity contribution in [3.8, 4) is 5.75 Å². The van der Waals surface area contributed by atoms with E-state index in [1.807, 2.05) is 13.0 Å². The second kappa shape index (κ2) is 6.32. The molecule has 0 aromatic heterocycles. The Balaban J connectivity index is 1.84. The lowest BCUT2D eigenvalue weighted by Gasteiger charge is -2.18. The molecule has 1 heterocycles. The van der Waals surface area contributed by atoms with Gasteiger partial charge >= 0.3 is 0 Å². The number of benzene rings is 2. The lowest BCUT2D eigenvalue weighted by atomic mass is 10.00. The van der Waals surface area contributed by atoms with Gasteiger partial charge in [-0.1, -0.05) is 18.2 Å². The summed E-state index contributed by atoms with van der Waals surface area (Å²) in [6, 6.07) is 9.25. The van der Waals surface area contributed by atoms with Crippen LogP contribution in [0.5, 0.6) is 5.75 Å². The summed E-state index contributed by atoms with van der Waals surface area (Å²) in [6.45, 7) is 6.17. The van der Waals surface area contributed by atoms with Gasteiger partial charge in [0.25, 0.3) is 5.91 Å². The summed E-state index contributed by atoms with van der Waals surface area (Å²) in [5.74, 6) is 0.254. The van der Waals surface area contributed by atoms with Crippen molar-refractivity contribution in [1.29, 1.82) is 0 Å². The monoisotopic (exact) mass is 321 g/mol. The van der Waals surface area contributed by atoms with Crippen LogP contribution in [0.3, 0.4) is 0 Å². The van der Waals surface area contributed by atoms with Gasteiger partial charge in [0, 0.05) is 5.56 Å². The molecule has 4 heteroatoms. The summed E-state index contributed by atoms with van der Waals surface area (Å²) < 4.78 is 5.30. The first-order valence-corrected chi connectivity index (χ1v) is 7.81. The van der Waals surface area contributed by atoms with Gasteiger partial charge in [0.05, 0.1) is 5.69 Å². The fraction of sp³-hybridized carbons (Fsp3) is 0.200. The average molecular weight is 321 g/mol. The molecule has 0 unspecified atom stereocenters. The maximum absolute atomic E-state index is 12.4. The minimum atomic E-state index is -0.214. The van der Waals surface area contributed by atoms with Crippen LogP contribution in [0.25, 0.3) is 6.08 Å². The summed E-state index contributed by atoms with van der Waals surface area (Å²) in [7, 11) is 0. The molecule has 0 saturated carbocycles. The Kier molecular flexibility index (Phi) is 4.21. The summed E-state index contributed by atoms with van der Waals surface area (Å²) in [5.41, 5.74) is 5.64. The van der Waals surface area contributed by atoms with E-state index in [4.69, 9.17) is 4.74 Å². The normalized spacial score (nSPS) is 13.4. The molecule has 1 N–H and O–H groups in total. The standard InChI is InChI=1S/C20H19NO3/c1-12-8-14(3)15(9-13(12)2)4-6-18(22)16-5-7-19-17(10-16)21-20(23)11-24-19/h4-10H,11H2,1-3H3,(H,21,23). The van der Waals surface area contributed by atoms with Crippen molar-refractivity contribution in [2.24, 2.45) is 0 Å². The minimum Gasteiger partial charge on any atom is -0.482 e. The van der Waals surface area contributed by atoms with Crippen LogP contribution in [0, 0.1) is 20.8 Å². The van der Waals surface area contributed by atoms with E-state index in [-0.39, 0.29) is 18.3 Å². The van der Waals surface area contributed by atoms with Gasteiger partial charge in [-0.05, 0) is 67.3 Å². The molecule has 1 aliphatic heterocycles. The highest BCUT2D eigenvalue weighted by Gasteiger charge is 2.17. The zero-order chi connectivity index (χ0) is 17.3. The predicted molar refractivity (Wildman–Crippen MR) is 94.6 cm³/mol. The number of anilines is 1. The number of aryl methyl sites for hydroxylation is 3. The first-order valence-electron chi connectivity index (χ1n) is 7.81. The van der Waals surface area contributed by atoms with Gasteiger partial charge in [-0.3, -0.25) is 9.59 Å². The number of rotatable bonds is 3. The Bertz CT molecular complexity index is 865. The second-order valence-corrected chi connectivity index (χ2v) is 6.04. The lowest BCUT2D eigenvalue weighted by Crippen LogP contribution is -2.25. The highest BCUT2D eigenvalue weighted by Crippen LogP contribution is 2.28. The number of amides is 1. The average Bonchev–Trinajstić information content (AvgIpc) is 2.56. The maximum Gasteiger partial charge on any atom is 0.262 e. The zero-order valence-electron chi connectivity index (χ0n) is 14.0. The number of ether oxygens (including phenoxy) is 1. The van der Waals surface area contributed by atoms with Crippen LogP contribution in [-0.4, -0.2) is 18.3 Å².